The van der Waals surface area contributed by atoms with E-state index < -0.39 is 11.9 Å². The fourth-order valence-corrected chi connectivity index (χ4v) is 1.70. The largest absolute Gasteiger partial charge is 0.476 e. The number of carboxylic acids is 1. The van der Waals surface area contributed by atoms with Gasteiger partial charge in [0, 0.05) is 19.9 Å². The second kappa shape index (κ2) is 5.49. The van der Waals surface area contributed by atoms with Crippen LogP contribution in [0.3, 0.4) is 0 Å². The molecule has 2 rings (SSSR count). The molecule has 2 aromatic heterocycles. The van der Waals surface area contributed by atoms with Gasteiger partial charge in [0.25, 0.3) is 5.91 Å². The summed E-state index contributed by atoms with van der Waals surface area (Å²) in [6.07, 6.45) is 1.60. The van der Waals surface area contributed by atoms with E-state index in [1.807, 2.05) is 0 Å². The van der Waals surface area contributed by atoms with Crippen molar-refractivity contribution in [1.29, 1.82) is 0 Å². The van der Waals surface area contributed by atoms with Gasteiger partial charge in [-0.2, -0.15) is 0 Å². The van der Waals surface area contributed by atoms with Crippen molar-refractivity contribution in [2.75, 3.05) is 20.3 Å². The number of aromatic carboxylic acids is 1. The number of aromatic nitrogens is 2. The number of ether oxygens (including phenoxy) is 1. The summed E-state index contributed by atoms with van der Waals surface area (Å²) in [6.45, 7) is 0.709. The number of hydrogen-bond acceptors (Lipinski definition) is 4. The van der Waals surface area contributed by atoms with Crippen molar-refractivity contribution >= 4 is 17.4 Å². The number of nitrogens with zero attached hydrogens (tertiary/aromatic N) is 2. The third-order valence-electron chi connectivity index (χ3n) is 2.55. The lowest BCUT2D eigenvalue weighted by atomic mass is 10.3. The van der Waals surface area contributed by atoms with Gasteiger partial charge in [0.1, 0.15) is 0 Å². The lowest BCUT2D eigenvalue weighted by molar-refractivity contribution is 0.0693. The van der Waals surface area contributed by atoms with Gasteiger partial charge in [0.2, 0.25) is 5.82 Å². The molecule has 0 aliphatic heterocycles. The fraction of sp³-hybridized carbons (Fsp3) is 0.250. The number of imidazole rings is 1. The van der Waals surface area contributed by atoms with Crippen LogP contribution in [0.25, 0.3) is 5.52 Å². The Labute approximate surface area is 108 Å². The van der Waals surface area contributed by atoms with Crippen molar-refractivity contribution in [3.8, 4) is 0 Å². The number of rotatable bonds is 5. The minimum Gasteiger partial charge on any atom is -0.476 e. The van der Waals surface area contributed by atoms with Crippen LogP contribution in [0, 0.1) is 0 Å². The van der Waals surface area contributed by atoms with Gasteiger partial charge >= 0.3 is 5.97 Å². The second-order valence-corrected chi connectivity index (χ2v) is 3.79. The number of fused-ring (bicyclic) bond motifs is 1. The van der Waals surface area contributed by atoms with Crippen molar-refractivity contribution in [2.45, 2.75) is 0 Å². The van der Waals surface area contributed by atoms with E-state index in [2.05, 4.69) is 10.3 Å². The van der Waals surface area contributed by atoms with Crippen LogP contribution >= 0.6 is 0 Å². The SMILES string of the molecule is COCCNC(=O)c1nc(C(=O)O)c2ccccn12. The van der Waals surface area contributed by atoms with Gasteiger partial charge in [-0.05, 0) is 12.1 Å². The number of amides is 1. The summed E-state index contributed by atoms with van der Waals surface area (Å²) in [7, 11) is 1.53. The number of carbonyl (C=O) groups is 2. The lowest BCUT2D eigenvalue weighted by Crippen LogP contribution is -2.28. The first kappa shape index (κ1) is 13.0. The highest BCUT2D eigenvalue weighted by Gasteiger charge is 2.20. The van der Waals surface area contributed by atoms with E-state index in [0.717, 1.165) is 0 Å². The highest BCUT2D eigenvalue weighted by molar-refractivity contribution is 5.98. The predicted octanol–water partition coefficient (Wildman–Crippen LogP) is 0.409. The van der Waals surface area contributed by atoms with E-state index in [0.29, 0.717) is 18.7 Å². The monoisotopic (exact) mass is 263 g/mol. The molecule has 7 heteroatoms. The minimum absolute atomic E-state index is 0.0455. The molecule has 0 aliphatic carbocycles. The van der Waals surface area contributed by atoms with Gasteiger partial charge < -0.3 is 15.2 Å². The molecule has 0 aliphatic rings. The zero-order valence-electron chi connectivity index (χ0n) is 10.3. The minimum atomic E-state index is -1.17. The Hall–Kier alpha value is -2.41. The van der Waals surface area contributed by atoms with Gasteiger partial charge in [-0.25, -0.2) is 9.78 Å². The fourth-order valence-electron chi connectivity index (χ4n) is 1.70. The molecule has 0 atom stereocenters. The van der Waals surface area contributed by atoms with E-state index in [1.54, 1.807) is 24.4 Å². The Balaban J connectivity index is 2.38. The summed E-state index contributed by atoms with van der Waals surface area (Å²) in [5.41, 5.74) is 0.240. The first-order valence-corrected chi connectivity index (χ1v) is 5.62. The van der Waals surface area contributed by atoms with E-state index in [1.165, 1.54) is 11.5 Å². The van der Waals surface area contributed by atoms with E-state index in [9.17, 15) is 9.59 Å². The molecule has 7 nitrogen and oxygen atoms in total. The number of nitrogens with one attached hydrogen (secondary N) is 1. The molecule has 0 fully saturated rings. The molecule has 2 aromatic rings. The van der Waals surface area contributed by atoms with Crippen molar-refractivity contribution in [3.05, 3.63) is 35.9 Å². The van der Waals surface area contributed by atoms with E-state index >= 15 is 0 Å². The summed E-state index contributed by atoms with van der Waals surface area (Å²) in [4.78, 5) is 26.9. The van der Waals surface area contributed by atoms with Gasteiger partial charge in [-0.15, -0.1) is 0 Å². The first-order valence-electron chi connectivity index (χ1n) is 5.62. The molecule has 2 N–H and O–H groups in total. The molecular formula is C12H13N3O4. The van der Waals surface area contributed by atoms with Crippen molar-refractivity contribution in [2.24, 2.45) is 0 Å². The summed E-state index contributed by atoms with van der Waals surface area (Å²) in [5.74, 6) is -1.56. The van der Waals surface area contributed by atoms with Crippen molar-refractivity contribution in [1.82, 2.24) is 14.7 Å². The molecule has 0 saturated heterocycles. The van der Waals surface area contributed by atoms with Crippen LogP contribution in [-0.2, 0) is 4.74 Å². The maximum Gasteiger partial charge on any atom is 0.356 e. The zero-order chi connectivity index (χ0) is 13.8. The molecule has 0 aromatic carbocycles. The summed E-state index contributed by atoms with van der Waals surface area (Å²) in [5, 5.41) is 11.7. The highest BCUT2D eigenvalue weighted by Crippen LogP contribution is 2.13. The molecule has 100 valence electrons. The maximum atomic E-state index is 11.9. The van der Waals surface area contributed by atoms with Crippen LogP contribution in [0.1, 0.15) is 21.1 Å². The Morgan fingerprint density at radius 1 is 1.47 bits per heavy atom. The smallest absolute Gasteiger partial charge is 0.356 e. The molecule has 2 heterocycles. The molecule has 0 unspecified atom stereocenters. The normalized spacial score (nSPS) is 10.6. The Bertz CT molecular complexity index is 620. The Morgan fingerprint density at radius 2 is 2.26 bits per heavy atom. The number of carboxylic acid groups (broad SMARTS) is 1. The average molecular weight is 263 g/mol. The van der Waals surface area contributed by atoms with Crippen molar-refractivity contribution in [3.63, 3.8) is 0 Å². The lowest BCUT2D eigenvalue weighted by Gasteiger charge is -2.03. The molecule has 1 amide bonds. The molecular weight excluding hydrogens is 250 g/mol. The predicted molar refractivity (Wildman–Crippen MR) is 66.4 cm³/mol. The third kappa shape index (κ3) is 2.55. The zero-order valence-corrected chi connectivity index (χ0v) is 10.3. The molecule has 0 saturated carbocycles. The van der Waals surface area contributed by atoms with Gasteiger partial charge in [0.15, 0.2) is 5.69 Å². The number of methoxy groups -OCH3 is 1. The van der Waals surface area contributed by atoms with Gasteiger partial charge in [-0.3, -0.25) is 9.20 Å². The Kier molecular flexibility index (Phi) is 3.76. The first-order chi connectivity index (χ1) is 9.15. The van der Waals surface area contributed by atoms with Crippen LogP contribution in [0.15, 0.2) is 24.4 Å². The topological polar surface area (TPSA) is 92.9 Å². The summed E-state index contributed by atoms with van der Waals surface area (Å²) < 4.78 is 6.27. The quantitative estimate of drug-likeness (QED) is 0.762. The molecule has 19 heavy (non-hydrogen) atoms. The Morgan fingerprint density at radius 3 is 2.95 bits per heavy atom. The van der Waals surface area contributed by atoms with Crippen LogP contribution in [0.5, 0.6) is 0 Å². The van der Waals surface area contributed by atoms with Gasteiger partial charge in [0.05, 0.1) is 12.1 Å². The van der Waals surface area contributed by atoms with Gasteiger partial charge in [-0.1, -0.05) is 6.07 Å². The maximum absolute atomic E-state index is 11.9. The standard InChI is InChI=1S/C12H13N3O4/c1-19-7-5-13-11(16)10-14-9(12(17)18)8-4-2-3-6-15(8)10/h2-4,6H,5,7H2,1H3,(H,13,16)(H,17,18). The number of carbonyl (C=O) groups excluding carboxylic acids is 1. The van der Waals surface area contributed by atoms with Crippen LogP contribution in [0.4, 0.5) is 0 Å². The third-order valence-corrected chi connectivity index (χ3v) is 2.55. The highest BCUT2D eigenvalue weighted by atomic mass is 16.5. The van der Waals surface area contributed by atoms with E-state index in [4.69, 9.17) is 9.84 Å². The average Bonchev–Trinajstić information content (AvgIpc) is 2.78. The van der Waals surface area contributed by atoms with Crippen LogP contribution < -0.4 is 5.32 Å². The molecule has 0 radical (unpaired) electrons. The van der Waals surface area contributed by atoms with Crippen LogP contribution in [-0.4, -0.2) is 46.6 Å². The van der Waals surface area contributed by atoms with Crippen LogP contribution in [0.2, 0.25) is 0 Å². The number of pyridine rings is 1. The summed E-state index contributed by atoms with van der Waals surface area (Å²) >= 11 is 0. The summed E-state index contributed by atoms with van der Waals surface area (Å²) in [6, 6.07) is 4.99. The molecule has 0 bridgehead atoms. The van der Waals surface area contributed by atoms with Crippen molar-refractivity contribution < 1.29 is 19.4 Å². The van der Waals surface area contributed by atoms with E-state index in [-0.39, 0.29) is 11.5 Å². The second-order valence-electron chi connectivity index (χ2n) is 3.79. The number of hydrogen-bond donors (Lipinski definition) is 2. The molecule has 0 spiro atoms.